The van der Waals surface area contributed by atoms with Gasteiger partial charge in [-0.3, -0.25) is 4.79 Å². The summed E-state index contributed by atoms with van der Waals surface area (Å²) in [5, 5.41) is 18.5. The third-order valence-electron chi connectivity index (χ3n) is 3.24. The van der Waals surface area contributed by atoms with Gasteiger partial charge in [-0.2, -0.15) is 9.83 Å². The van der Waals surface area contributed by atoms with Crippen molar-refractivity contribution in [1.29, 1.82) is 0 Å². The number of nitrogens with zero attached hydrogens (tertiary/aromatic N) is 3. The lowest BCUT2D eigenvalue weighted by atomic mass is 10.2. The standard InChI is InChI=1S/C16H14N4O2/c1-12-8-9-17-20(12)14-6-4-5-13(11-14)18-16(21)15-7-2-3-10-19(15)22/h2-11H,1H3,(H,18,21). The zero-order valence-electron chi connectivity index (χ0n) is 11.9. The van der Waals surface area contributed by atoms with E-state index in [-0.39, 0.29) is 5.69 Å². The first-order valence-corrected chi connectivity index (χ1v) is 6.76. The molecule has 0 aliphatic heterocycles. The van der Waals surface area contributed by atoms with Gasteiger partial charge in [-0.05, 0) is 37.3 Å². The van der Waals surface area contributed by atoms with Crippen molar-refractivity contribution in [3.8, 4) is 5.69 Å². The van der Waals surface area contributed by atoms with Crippen LogP contribution in [0.25, 0.3) is 5.69 Å². The lowest BCUT2D eigenvalue weighted by molar-refractivity contribution is -0.607. The minimum atomic E-state index is -0.454. The predicted molar refractivity (Wildman–Crippen MR) is 81.7 cm³/mol. The van der Waals surface area contributed by atoms with E-state index in [4.69, 9.17) is 0 Å². The molecule has 110 valence electrons. The first-order chi connectivity index (χ1) is 10.6. The molecule has 6 nitrogen and oxygen atoms in total. The molecule has 6 heteroatoms. The van der Waals surface area contributed by atoms with E-state index in [2.05, 4.69) is 10.4 Å². The van der Waals surface area contributed by atoms with Gasteiger partial charge in [-0.1, -0.05) is 6.07 Å². The van der Waals surface area contributed by atoms with E-state index in [9.17, 15) is 10.0 Å². The maximum Gasteiger partial charge on any atom is 0.321 e. The number of pyridine rings is 1. The third-order valence-corrected chi connectivity index (χ3v) is 3.24. The van der Waals surface area contributed by atoms with E-state index >= 15 is 0 Å². The molecule has 3 rings (SSSR count). The van der Waals surface area contributed by atoms with E-state index < -0.39 is 5.91 Å². The second-order valence-corrected chi connectivity index (χ2v) is 4.80. The Morgan fingerprint density at radius 1 is 1.23 bits per heavy atom. The summed E-state index contributed by atoms with van der Waals surface area (Å²) in [6.45, 7) is 1.95. The summed E-state index contributed by atoms with van der Waals surface area (Å²) in [5.41, 5.74) is 2.47. The molecule has 0 saturated heterocycles. The number of aryl methyl sites for hydroxylation is 1. The number of amides is 1. The molecule has 2 heterocycles. The van der Waals surface area contributed by atoms with E-state index in [0.29, 0.717) is 10.4 Å². The monoisotopic (exact) mass is 294 g/mol. The molecule has 0 aliphatic rings. The lowest BCUT2D eigenvalue weighted by Gasteiger charge is -2.08. The van der Waals surface area contributed by atoms with Gasteiger partial charge in [0.25, 0.3) is 5.69 Å². The van der Waals surface area contributed by atoms with Gasteiger partial charge in [-0.15, -0.1) is 0 Å². The molecule has 1 aromatic carbocycles. The van der Waals surface area contributed by atoms with Crippen molar-refractivity contribution < 1.29 is 9.52 Å². The Kier molecular flexibility index (Phi) is 3.57. The molecule has 2 aromatic heterocycles. The van der Waals surface area contributed by atoms with Crippen molar-refractivity contribution >= 4 is 11.6 Å². The van der Waals surface area contributed by atoms with Crippen molar-refractivity contribution in [3.05, 3.63) is 77.5 Å². The van der Waals surface area contributed by atoms with Crippen LogP contribution in [-0.2, 0) is 0 Å². The molecule has 1 N–H and O–H groups in total. The van der Waals surface area contributed by atoms with Crippen LogP contribution in [-0.4, -0.2) is 15.7 Å². The van der Waals surface area contributed by atoms with Crippen LogP contribution < -0.4 is 10.0 Å². The van der Waals surface area contributed by atoms with Crippen LogP contribution in [0.3, 0.4) is 0 Å². The molecular formula is C16H14N4O2. The van der Waals surface area contributed by atoms with Crippen LogP contribution in [0.5, 0.6) is 0 Å². The molecule has 0 aliphatic carbocycles. The number of anilines is 1. The van der Waals surface area contributed by atoms with Crippen LogP contribution in [0, 0.1) is 12.1 Å². The Morgan fingerprint density at radius 3 is 2.82 bits per heavy atom. The highest BCUT2D eigenvalue weighted by atomic mass is 16.5. The van der Waals surface area contributed by atoms with Gasteiger partial charge in [0.05, 0.1) is 5.69 Å². The van der Waals surface area contributed by atoms with Crippen LogP contribution in [0.1, 0.15) is 16.2 Å². The predicted octanol–water partition coefficient (Wildman–Crippen LogP) is 2.07. The second kappa shape index (κ2) is 5.69. The highest BCUT2D eigenvalue weighted by Gasteiger charge is 2.15. The number of aromatic nitrogens is 3. The van der Waals surface area contributed by atoms with Gasteiger partial charge in [-0.25, -0.2) is 4.68 Å². The highest BCUT2D eigenvalue weighted by Crippen LogP contribution is 2.16. The van der Waals surface area contributed by atoms with Crippen molar-refractivity contribution in [2.24, 2.45) is 0 Å². The zero-order chi connectivity index (χ0) is 15.5. The minimum Gasteiger partial charge on any atom is -0.618 e. The maximum absolute atomic E-state index is 12.1. The van der Waals surface area contributed by atoms with Crippen molar-refractivity contribution in [3.63, 3.8) is 0 Å². The van der Waals surface area contributed by atoms with Gasteiger partial charge in [0.15, 0.2) is 6.20 Å². The molecule has 3 aromatic rings. The van der Waals surface area contributed by atoms with E-state index in [1.807, 2.05) is 25.1 Å². The Morgan fingerprint density at radius 2 is 2.09 bits per heavy atom. The van der Waals surface area contributed by atoms with Crippen molar-refractivity contribution in [2.75, 3.05) is 5.32 Å². The quantitative estimate of drug-likeness (QED) is 0.593. The van der Waals surface area contributed by atoms with E-state index in [0.717, 1.165) is 11.4 Å². The molecule has 22 heavy (non-hydrogen) atoms. The molecule has 1 amide bonds. The topological polar surface area (TPSA) is 73.9 Å². The van der Waals surface area contributed by atoms with Crippen LogP contribution in [0.2, 0.25) is 0 Å². The van der Waals surface area contributed by atoms with Gasteiger partial charge < -0.3 is 10.5 Å². The molecule has 0 bridgehead atoms. The number of hydrogen-bond acceptors (Lipinski definition) is 3. The average Bonchev–Trinajstić information content (AvgIpc) is 2.94. The first-order valence-electron chi connectivity index (χ1n) is 6.76. The lowest BCUT2D eigenvalue weighted by Crippen LogP contribution is -2.36. The summed E-state index contributed by atoms with van der Waals surface area (Å²) >= 11 is 0. The van der Waals surface area contributed by atoms with Crippen LogP contribution >= 0.6 is 0 Å². The summed E-state index contributed by atoms with van der Waals surface area (Å²) in [5.74, 6) is -0.454. The van der Waals surface area contributed by atoms with Crippen molar-refractivity contribution in [2.45, 2.75) is 6.92 Å². The molecule has 0 atom stereocenters. The highest BCUT2D eigenvalue weighted by molar-refractivity contribution is 6.01. The normalized spacial score (nSPS) is 10.4. The number of carbonyl (C=O) groups excluding carboxylic acids is 1. The van der Waals surface area contributed by atoms with Crippen LogP contribution in [0.4, 0.5) is 5.69 Å². The Hall–Kier alpha value is -3.15. The Bertz CT molecular complexity index is 826. The molecule has 0 fully saturated rings. The summed E-state index contributed by atoms with van der Waals surface area (Å²) in [6.07, 6.45) is 3.00. The molecule has 0 spiro atoms. The number of carbonyl (C=O) groups is 1. The fourth-order valence-corrected chi connectivity index (χ4v) is 2.15. The summed E-state index contributed by atoms with van der Waals surface area (Å²) in [4.78, 5) is 12.1. The second-order valence-electron chi connectivity index (χ2n) is 4.80. The van der Waals surface area contributed by atoms with Gasteiger partial charge in [0.1, 0.15) is 0 Å². The molecule has 0 saturated carbocycles. The first kappa shape index (κ1) is 13.8. The molecular weight excluding hydrogens is 280 g/mol. The van der Waals surface area contributed by atoms with Gasteiger partial charge in [0, 0.05) is 29.7 Å². The van der Waals surface area contributed by atoms with E-state index in [1.54, 1.807) is 35.1 Å². The minimum absolute atomic E-state index is 0.0446. The largest absolute Gasteiger partial charge is 0.618 e. The summed E-state index contributed by atoms with van der Waals surface area (Å²) < 4.78 is 2.31. The fourth-order valence-electron chi connectivity index (χ4n) is 2.15. The van der Waals surface area contributed by atoms with E-state index in [1.165, 1.54) is 12.3 Å². The smallest absolute Gasteiger partial charge is 0.321 e. The third kappa shape index (κ3) is 2.67. The SMILES string of the molecule is Cc1ccnn1-c1cccc(NC(=O)c2cccc[n+]2[O-])c1. The number of rotatable bonds is 3. The maximum atomic E-state index is 12.1. The number of hydrogen-bond donors (Lipinski definition) is 1. The summed E-state index contributed by atoms with van der Waals surface area (Å²) in [7, 11) is 0. The Balaban J connectivity index is 1.86. The zero-order valence-corrected chi connectivity index (χ0v) is 11.9. The average molecular weight is 294 g/mol. The molecule has 0 unspecified atom stereocenters. The molecule has 0 radical (unpaired) electrons. The Labute approximate surface area is 127 Å². The number of benzene rings is 1. The van der Waals surface area contributed by atoms with Gasteiger partial charge in [0.2, 0.25) is 0 Å². The number of nitrogens with one attached hydrogen (secondary N) is 1. The summed E-state index contributed by atoms with van der Waals surface area (Å²) in [6, 6.07) is 13.9. The van der Waals surface area contributed by atoms with Crippen molar-refractivity contribution in [1.82, 2.24) is 9.78 Å². The fraction of sp³-hybridized carbons (Fsp3) is 0.0625. The van der Waals surface area contributed by atoms with Gasteiger partial charge >= 0.3 is 5.91 Å². The van der Waals surface area contributed by atoms with Crippen LogP contribution in [0.15, 0.2) is 60.9 Å².